The Balaban J connectivity index is 1.75. The minimum Gasteiger partial charge on any atom is -0.328 e. The van der Waals surface area contributed by atoms with Gasteiger partial charge in [-0.2, -0.15) is 0 Å². The van der Waals surface area contributed by atoms with E-state index in [4.69, 9.17) is 0 Å². The topological polar surface area (TPSA) is 37.4 Å². The first-order valence-corrected chi connectivity index (χ1v) is 10.8. The molecule has 0 saturated carbocycles. The lowest BCUT2D eigenvalue weighted by molar-refractivity contribution is -0.173. The number of β-lactam (4-membered cyclic amide) rings is 1. The highest BCUT2D eigenvalue weighted by molar-refractivity contribution is 6.14. The van der Waals surface area contributed by atoms with Crippen LogP contribution in [0.25, 0.3) is 0 Å². The fourth-order valence-corrected chi connectivity index (χ4v) is 4.43. The van der Waals surface area contributed by atoms with Crippen molar-refractivity contribution in [1.82, 2.24) is 4.90 Å². The largest absolute Gasteiger partial charge is 0.328 e. The van der Waals surface area contributed by atoms with E-state index in [9.17, 15) is 9.59 Å². The standard InChI is InChI=1S/C28H27NO2/c1-2-3-19-28(25(30)20-22-13-7-4-8-14-22)26(24-17-11-6-12-18-24)29(27(28)31)21-23-15-9-5-10-16-23/h3-19,26H,2,20-21H2,1H3/b19-3+/t26-,28-/m1/s1. The van der Waals surface area contributed by atoms with Crippen LogP contribution in [-0.2, 0) is 22.6 Å². The Morgan fingerprint density at radius 1 is 0.871 bits per heavy atom. The van der Waals surface area contributed by atoms with Gasteiger partial charge in [-0.15, -0.1) is 0 Å². The quantitative estimate of drug-likeness (QED) is 0.278. The number of ketones is 1. The third kappa shape index (κ3) is 3.96. The zero-order chi connectivity index (χ0) is 21.7. The van der Waals surface area contributed by atoms with E-state index >= 15 is 0 Å². The number of benzene rings is 3. The lowest BCUT2D eigenvalue weighted by atomic mass is 9.63. The average Bonchev–Trinajstić information content (AvgIpc) is 2.82. The molecule has 2 atom stereocenters. The van der Waals surface area contributed by atoms with Crippen LogP contribution in [-0.4, -0.2) is 16.6 Å². The van der Waals surface area contributed by atoms with Gasteiger partial charge in [0.1, 0.15) is 0 Å². The van der Waals surface area contributed by atoms with Gasteiger partial charge in [0, 0.05) is 13.0 Å². The van der Waals surface area contributed by atoms with Crippen molar-refractivity contribution in [3.63, 3.8) is 0 Å². The number of nitrogens with zero attached hydrogens (tertiary/aromatic N) is 1. The first-order chi connectivity index (χ1) is 15.2. The molecule has 1 heterocycles. The van der Waals surface area contributed by atoms with Crippen LogP contribution in [0.1, 0.15) is 36.1 Å². The molecule has 0 aliphatic carbocycles. The number of hydrogen-bond donors (Lipinski definition) is 0. The molecule has 0 radical (unpaired) electrons. The van der Waals surface area contributed by atoms with E-state index < -0.39 is 5.41 Å². The number of allylic oxidation sites excluding steroid dienone is 1. The normalized spacial score (nSPS) is 20.6. The average molecular weight is 410 g/mol. The summed E-state index contributed by atoms with van der Waals surface area (Å²) in [5.74, 6) is -0.164. The Labute approximate surface area is 184 Å². The van der Waals surface area contributed by atoms with Gasteiger partial charge in [-0.3, -0.25) is 9.59 Å². The van der Waals surface area contributed by atoms with E-state index in [0.29, 0.717) is 6.54 Å². The zero-order valence-electron chi connectivity index (χ0n) is 17.8. The molecule has 4 rings (SSSR count). The maximum Gasteiger partial charge on any atom is 0.243 e. The van der Waals surface area contributed by atoms with E-state index in [1.54, 1.807) is 0 Å². The van der Waals surface area contributed by atoms with E-state index in [-0.39, 0.29) is 24.2 Å². The van der Waals surface area contributed by atoms with Crippen molar-refractivity contribution in [3.8, 4) is 0 Å². The fraction of sp³-hybridized carbons (Fsp3) is 0.214. The van der Waals surface area contributed by atoms with Gasteiger partial charge in [0.05, 0.1) is 6.04 Å². The summed E-state index contributed by atoms with van der Waals surface area (Å²) < 4.78 is 0. The second-order valence-corrected chi connectivity index (χ2v) is 8.00. The predicted molar refractivity (Wildman–Crippen MR) is 123 cm³/mol. The van der Waals surface area contributed by atoms with Crippen LogP contribution in [0.5, 0.6) is 0 Å². The Bertz CT molecular complexity index is 1060. The minimum absolute atomic E-state index is 0.0495. The summed E-state index contributed by atoms with van der Waals surface area (Å²) >= 11 is 0. The molecule has 3 nitrogen and oxygen atoms in total. The highest BCUT2D eigenvalue weighted by atomic mass is 16.2. The summed E-state index contributed by atoms with van der Waals surface area (Å²) in [7, 11) is 0. The van der Waals surface area contributed by atoms with Crippen molar-refractivity contribution in [2.45, 2.75) is 32.4 Å². The lowest BCUT2D eigenvalue weighted by Gasteiger charge is -2.54. The summed E-state index contributed by atoms with van der Waals surface area (Å²) in [6, 6.07) is 29.2. The highest BCUT2D eigenvalue weighted by Gasteiger charge is 2.63. The third-order valence-electron chi connectivity index (χ3n) is 5.95. The van der Waals surface area contributed by atoms with Crippen LogP contribution in [0.15, 0.2) is 103 Å². The Morgan fingerprint density at radius 2 is 1.42 bits per heavy atom. The van der Waals surface area contributed by atoms with Gasteiger partial charge < -0.3 is 4.90 Å². The molecule has 3 aromatic rings. The first-order valence-electron chi connectivity index (χ1n) is 10.8. The summed E-state index contributed by atoms with van der Waals surface area (Å²) in [6.07, 6.45) is 4.83. The molecule has 0 N–H and O–H groups in total. The maximum atomic E-state index is 13.7. The van der Waals surface area contributed by atoms with Crippen molar-refractivity contribution >= 4 is 11.7 Å². The number of Topliss-reactive ketones (excluding diaryl/α,β-unsaturated/α-hetero) is 1. The second-order valence-electron chi connectivity index (χ2n) is 8.00. The fourth-order valence-electron chi connectivity index (χ4n) is 4.43. The van der Waals surface area contributed by atoms with Crippen molar-refractivity contribution < 1.29 is 9.59 Å². The van der Waals surface area contributed by atoms with E-state index in [1.165, 1.54) is 0 Å². The van der Waals surface area contributed by atoms with Crippen molar-refractivity contribution in [1.29, 1.82) is 0 Å². The molecule has 1 fully saturated rings. The Morgan fingerprint density at radius 3 is 2.00 bits per heavy atom. The zero-order valence-corrected chi connectivity index (χ0v) is 17.8. The number of amides is 1. The van der Waals surface area contributed by atoms with Crippen LogP contribution in [0.4, 0.5) is 0 Å². The number of carbonyl (C=O) groups is 2. The molecule has 156 valence electrons. The van der Waals surface area contributed by atoms with Crippen molar-refractivity contribution in [3.05, 3.63) is 120 Å². The van der Waals surface area contributed by atoms with Gasteiger partial charge in [0.25, 0.3) is 0 Å². The molecule has 1 aliphatic heterocycles. The van der Waals surface area contributed by atoms with Gasteiger partial charge in [-0.25, -0.2) is 0 Å². The summed E-state index contributed by atoms with van der Waals surface area (Å²) in [6.45, 7) is 2.51. The summed E-state index contributed by atoms with van der Waals surface area (Å²) in [5, 5.41) is 0. The van der Waals surface area contributed by atoms with E-state index in [1.807, 2.05) is 115 Å². The molecule has 3 heteroatoms. The Hall–Kier alpha value is -3.46. The molecule has 0 unspecified atom stereocenters. The van der Waals surface area contributed by atoms with Crippen LogP contribution in [0.2, 0.25) is 0 Å². The highest BCUT2D eigenvalue weighted by Crippen LogP contribution is 2.53. The van der Waals surface area contributed by atoms with E-state index in [0.717, 1.165) is 23.1 Å². The van der Waals surface area contributed by atoms with Gasteiger partial charge in [0.15, 0.2) is 11.2 Å². The molecular weight excluding hydrogens is 382 g/mol. The molecule has 1 amide bonds. The summed E-state index contributed by atoms with van der Waals surface area (Å²) in [5.41, 5.74) is 1.81. The van der Waals surface area contributed by atoms with Crippen LogP contribution in [0.3, 0.4) is 0 Å². The van der Waals surface area contributed by atoms with Gasteiger partial charge in [-0.1, -0.05) is 110 Å². The molecular formula is C28H27NO2. The number of likely N-dealkylation sites (tertiary alicyclic amines) is 1. The molecule has 31 heavy (non-hydrogen) atoms. The number of carbonyl (C=O) groups excluding carboxylic acids is 2. The maximum absolute atomic E-state index is 13.7. The molecule has 3 aromatic carbocycles. The number of hydrogen-bond acceptors (Lipinski definition) is 2. The predicted octanol–water partition coefficient (Wildman–Crippen LogP) is 5.53. The van der Waals surface area contributed by atoms with Crippen molar-refractivity contribution in [2.75, 3.05) is 0 Å². The van der Waals surface area contributed by atoms with Crippen LogP contribution in [0, 0.1) is 5.41 Å². The molecule has 0 spiro atoms. The smallest absolute Gasteiger partial charge is 0.243 e. The SMILES string of the molecule is CC/C=C/[C@]1(C(=O)Cc2ccccc2)C(=O)N(Cc2ccccc2)[C@@H]1c1ccccc1. The van der Waals surface area contributed by atoms with Gasteiger partial charge >= 0.3 is 0 Å². The third-order valence-corrected chi connectivity index (χ3v) is 5.95. The lowest BCUT2D eigenvalue weighted by Crippen LogP contribution is -2.65. The van der Waals surface area contributed by atoms with Gasteiger partial charge in [-0.05, 0) is 23.1 Å². The molecule has 0 bridgehead atoms. The van der Waals surface area contributed by atoms with Crippen LogP contribution < -0.4 is 0 Å². The monoisotopic (exact) mass is 409 g/mol. The van der Waals surface area contributed by atoms with E-state index in [2.05, 4.69) is 0 Å². The molecule has 1 saturated heterocycles. The van der Waals surface area contributed by atoms with Crippen LogP contribution >= 0.6 is 0 Å². The number of rotatable bonds is 8. The molecule has 0 aromatic heterocycles. The van der Waals surface area contributed by atoms with Crippen molar-refractivity contribution in [2.24, 2.45) is 5.41 Å². The Kier molecular flexibility index (Phi) is 6.13. The minimum atomic E-state index is -1.16. The molecule has 1 aliphatic rings. The second kappa shape index (κ2) is 9.13. The first kappa shape index (κ1) is 20.8. The summed E-state index contributed by atoms with van der Waals surface area (Å²) in [4.78, 5) is 29.2. The van der Waals surface area contributed by atoms with Gasteiger partial charge in [0.2, 0.25) is 5.91 Å².